The number of carbonyl (C=O) groups is 1. The van der Waals surface area contributed by atoms with Crippen molar-refractivity contribution in [2.75, 3.05) is 19.5 Å². The van der Waals surface area contributed by atoms with Gasteiger partial charge >= 0.3 is 6.61 Å². The SMILES string of the molecule is COCC(C)n1c(SCC(=O)c2ccc(OC(F)F)cc2)nc2ccccc2c1=O. The quantitative estimate of drug-likeness (QED) is 0.286. The minimum atomic E-state index is -2.92. The Bertz CT molecular complexity index is 1090. The summed E-state index contributed by atoms with van der Waals surface area (Å²) in [6.07, 6.45) is 0. The first kappa shape index (κ1) is 21.9. The van der Waals surface area contributed by atoms with Crippen LogP contribution in [0.15, 0.2) is 58.5 Å². The van der Waals surface area contributed by atoms with Crippen LogP contribution >= 0.6 is 11.8 Å². The molecule has 1 unspecified atom stereocenters. The van der Waals surface area contributed by atoms with Gasteiger partial charge in [0.1, 0.15) is 5.75 Å². The van der Waals surface area contributed by atoms with Crippen LogP contribution in [0.4, 0.5) is 8.78 Å². The second kappa shape index (κ2) is 9.82. The van der Waals surface area contributed by atoms with Crippen molar-refractivity contribution >= 4 is 28.4 Å². The molecular formula is C21H20F2N2O4S. The van der Waals surface area contributed by atoms with Crippen molar-refractivity contribution in [2.45, 2.75) is 24.7 Å². The van der Waals surface area contributed by atoms with Gasteiger partial charge in [0.25, 0.3) is 5.56 Å². The van der Waals surface area contributed by atoms with Gasteiger partial charge in [0.05, 0.1) is 29.3 Å². The number of aromatic nitrogens is 2. The Hall–Kier alpha value is -2.78. The fraction of sp³-hybridized carbons (Fsp3) is 0.286. The molecule has 158 valence electrons. The van der Waals surface area contributed by atoms with Crippen LogP contribution in [-0.4, -0.2) is 41.4 Å². The molecule has 0 aliphatic heterocycles. The number of carbonyl (C=O) groups excluding carboxylic acids is 1. The van der Waals surface area contributed by atoms with Crippen molar-refractivity contribution in [3.8, 4) is 5.75 Å². The summed E-state index contributed by atoms with van der Waals surface area (Å²) in [6.45, 7) is -0.769. The van der Waals surface area contributed by atoms with E-state index in [9.17, 15) is 18.4 Å². The Morgan fingerprint density at radius 2 is 1.87 bits per heavy atom. The Balaban J connectivity index is 1.84. The van der Waals surface area contributed by atoms with E-state index in [-0.39, 0.29) is 28.9 Å². The second-order valence-electron chi connectivity index (χ2n) is 6.51. The maximum absolute atomic E-state index is 13.0. The normalized spacial score (nSPS) is 12.3. The number of methoxy groups -OCH3 is 1. The topological polar surface area (TPSA) is 70.4 Å². The minimum Gasteiger partial charge on any atom is -0.435 e. The lowest BCUT2D eigenvalue weighted by Gasteiger charge is -2.18. The number of rotatable bonds is 9. The van der Waals surface area contributed by atoms with Crippen molar-refractivity contribution in [2.24, 2.45) is 0 Å². The highest BCUT2D eigenvalue weighted by Crippen LogP contribution is 2.23. The summed E-state index contributed by atoms with van der Waals surface area (Å²) in [7, 11) is 1.55. The summed E-state index contributed by atoms with van der Waals surface area (Å²) < 4.78 is 35.5. The fourth-order valence-corrected chi connectivity index (χ4v) is 3.96. The van der Waals surface area contributed by atoms with E-state index in [1.54, 1.807) is 31.4 Å². The molecular weight excluding hydrogens is 414 g/mol. The number of para-hydroxylation sites is 1. The molecule has 2 aromatic carbocycles. The molecule has 0 fully saturated rings. The van der Waals surface area contributed by atoms with E-state index < -0.39 is 6.61 Å². The number of hydrogen-bond donors (Lipinski definition) is 0. The number of thioether (sulfide) groups is 1. The summed E-state index contributed by atoms with van der Waals surface area (Å²) in [5.74, 6) is -0.218. The third kappa shape index (κ3) is 5.03. The lowest BCUT2D eigenvalue weighted by Crippen LogP contribution is -2.28. The third-order valence-electron chi connectivity index (χ3n) is 4.36. The fourth-order valence-electron chi connectivity index (χ4n) is 2.97. The summed E-state index contributed by atoms with van der Waals surface area (Å²) in [5, 5.41) is 0.903. The number of ketones is 1. The van der Waals surface area contributed by atoms with Gasteiger partial charge in [-0.3, -0.25) is 14.2 Å². The summed E-state index contributed by atoms with van der Waals surface area (Å²) >= 11 is 1.14. The first-order chi connectivity index (χ1) is 14.4. The summed E-state index contributed by atoms with van der Waals surface area (Å²) in [5.41, 5.74) is 0.698. The van der Waals surface area contributed by atoms with Crippen LogP contribution in [0.25, 0.3) is 10.9 Å². The van der Waals surface area contributed by atoms with E-state index in [2.05, 4.69) is 9.72 Å². The van der Waals surface area contributed by atoms with Gasteiger partial charge in [-0.25, -0.2) is 4.98 Å². The van der Waals surface area contributed by atoms with Gasteiger partial charge in [-0.05, 0) is 43.3 Å². The zero-order valence-corrected chi connectivity index (χ0v) is 17.2. The molecule has 0 saturated carbocycles. The first-order valence-corrected chi connectivity index (χ1v) is 10.1. The number of nitrogens with zero attached hydrogens (tertiary/aromatic N) is 2. The number of halogens is 2. The molecule has 0 spiro atoms. The molecule has 1 aromatic heterocycles. The smallest absolute Gasteiger partial charge is 0.387 e. The number of benzene rings is 2. The van der Waals surface area contributed by atoms with Gasteiger partial charge in [0, 0.05) is 12.7 Å². The maximum Gasteiger partial charge on any atom is 0.387 e. The van der Waals surface area contributed by atoms with Gasteiger partial charge in [-0.1, -0.05) is 23.9 Å². The number of fused-ring (bicyclic) bond motifs is 1. The summed E-state index contributed by atoms with van der Waals surface area (Å²) in [6, 6.07) is 12.2. The average Bonchev–Trinajstić information content (AvgIpc) is 2.72. The predicted octanol–water partition coefficient (Wildman–Crippen LogP) is 4.18. The van der Waals surface area contributed by atoms with Gasteiger partial charge in [-0.15, -0.1) is 0 Å². The Morgan fingerprint density at radius 3 is 2.53 bits per heavy atom. The molecule has 0 saturated heterocycles. The van der Waals surface area contributed by atoms with Crippen LogP contribution in [-0.2, 0) is 4.74 Å². The number of Topliss-reactive ketones (excluding diaryl/α,β-unsaturated/α-hetero) is 1. The van der Waals surface area contributed by atoms with Crippen molar-refractivity contribution < 1.29 is 23.0 Å². The monoisotopic (exact) mass is 434 g/mol. The van der Waals surface area contributed by atoms with Crippen LogP contribution in [0.2, 0.25) is 0 Å². The molecule has 0 radical (unpaired) electrons. The highest BCUT2D eigenvalue weighted by atomic mass is 32.2. The molecule has 9 heteroatoms. The second-order valence-corrected chi connectivity index (χ2v) is 7.45. The number of alkyl halides is 2. The Labute approximate surface area is 175 Å². The molecule has 3 rings (SSSR count). The minimum absolute atomic E-state index is 0.0207. The van der Waals surface area contributed by atoms with Gasteiger partial charge in [0.15, 0.2) is 10.9 Å². The number of ether oxygens (including phenoxy) is 2. The summed E-state index contributed by atoms with van der Waals surface area (Å²) in [4.78, 5) is 30.1. The lowest BCUT2D eigenvalue weighted by atomic mass is 10.1. The van der Waals surface area contributed by atoms with Crippen molar-refractivity contribution in [3.63, 3.8) is 0 Å². The lowest BCUT2D eigenvalue weighted by molar-refractivity contribution is -0.0498. The van der Waals surface area contributed by atoms with E-state index in [1.165, 1.54) is 28.8 Å². The molecule has 0 bridgehead atoms. The first-order valence-electron chi connectivity index (χ1n) is 9.11. The molecule has 6 nitrogen and oxygen atoms in total. The van der Waals surface area contributed by atoms with Crippen LogP contribution in [0.1, 0.15) is 23.3 Å². The maximum atomic E-state index is 13.0. The molecule has 0 amide bonds. The molecule has 3 aromatic rings. The average molecular weight is 434 g/mol. The van der Waals surface area contributed by atoms with Gasteiger partial charge in [-0.2, -0.15) is 8.78 Å². The van der Waals surface area contributed by atoms with Gasteiger partial charge in [0.2, 0.25) is 0 Å². The zero-order chi connectivity index (χ0) is 21.7. The van der Waals surface area contributed by atoms with Crippen LogP contribution < -0.4 is 10.3 Å². The van der Waals surface area contributed by atoms with E-state index in [0.717, 1.165) is 11.8 Å². The highest BCUT2D eigenvalue weighted by Gasteiger charge is 2.18. The molecule has 0 aliphatic carbocycles. The largest absolute Gasteiger partial charge is 0.435 e. The van der Waals surface area contributed by atoms with Crippen LogP contribution in [0, 0.1) is 0 Å². The standard InChI is InChI=1S/C21H20F2N2O4S/c1-13(11-28-2)25-19(27)16-5-3-4-6-17(16)24-21(25)30-12-18(26)14-7-9-15(10-8-14)29-20(22)23/h3-10,13,20H,11-12H2,1-2H3. The van der Waals surface area contributed by atoms with Crippen LogP contribution in [0.3, 0.4) is 0 Å². The molecule has 0 aliphatic rings. The van der Waals surface area contributed by atoms with Crippen molar-refractivity contribution in [1.82, 2.24) is 9.55 Å². The van der Waals surface area contributed by atoms with Crippen molar-refractivity contribution in [1.29, 1.82) is 0 Å². The van der Waals surface area contributed by atoms with Crippen molar-refractivity contribution in [3.05, 3.63) is 64.4 Å². The Morgan fingerprint density at radius 1 is 1.17 bits per heavy atom. The molecule has 1 heterocycles. The molecule has 30 heavy (non-hydrogen) atoms. The highest BCUT2D eigenvalue weighted by molar-refractivity contribution is 7.99. The van der Waals surface area contributed by atoms with Crippen LogP contribution in [0.5, 0.6) is 5.75 Å². The van der Waals surface area contributed by atoms with E-state index in [0.29, 0.717) is 28.2 Å². The molecule has 1 atom stereocenters. The predicted molar refractivity (Wildman–Crippen MR) is 111 cm³/mol. The van der Waals surface area contributed by atoms with E-state index in [4.69, 9.17) is 4.74 Å². The number of hydrogen-bond acceptors (Lipinski definition) is 6. The third-order valence-corrected chi connectivity index (χ3v) is 5.31. The Kier molecular flexibility index (Phi) is 7.17. The molecule has 0 N–H and O–H groups in total. The van der Waals surface area contributed by atoms with E-state index in [1.807, 2.05) is 6.92 Å². The van der Waals surface area contributed by atoms with E-state index >= 15 is 0 Å². The zero-order valence-electron chi connectivity index (χ0n) is 16.4. The van der Waals surface area contributed by atoms with Gasteiger partial charge < -0.3 is 9.47 Å².